The highest BCUT2D eigenvalue weighted by Crippen LogP contribution is 2.17. The first-order chi connectivity index (χ1) is 13.8. The van der Waals surface area contributed by atoms with E-state index >= 15 is 0 Å². The predicted octanol–water partition coefficient (Wildman–Crippen LogP) is 1.65. The summed E-state index contributed by atoms with van der Waals surface area (Å²) in [4.78, 5) is 25.7. The fraction of sp³-hybridized carbons (Fsp3) is 0.409. The van der Waals surface area contributed by atoms with Gasteiger partial charge in [0.15, 0.2) is 0 Å². The molecular weight excluding hydrogens is 369 g/mol. The Hall–Kier alpha value is -2.96. The highest BCUT2D eigenvalue weighted by atomic mass is 19.1. The molecule has 0 N–H and O–H groups in total. The van der Waals surface area contributed by atoms with Crippen LogP contribution in [-0.4, -0.2) is 40.7 Å². The number of pyridine rings is 1. The van der Waals surface area contributed by atoms with Crippen molar-refractivity contribution in [1.82, 2.24) is 14.5 Å². The largest absolute Gasteiger partial charge is 0.365 e. The second kappa shape index (κ2) is 8.59. The van der Waals surface area contributed by atoms with Gasteiger partial charge in [-0.3, -0.25) is 9.36 Å². The van der Waals surface area contributed by atoms with Gasteiger partial charge in [0, 0.05) is 38.4 Å². The molecule has 2 aromatic heterocycles. The van der Waals surface area contributed by atoms with Crippen LogP contribution in [0.25, 0.3) is 12.2 Å². The fourth-order valence-corrected chi connectivity index (χ4v) is 3.55. The lowest BCUT2D eigenvalue weighted by molar-refractivity contribution is 0.605. The monoisotopic (exact) mass is 397 g/mol. The number of piperazine rings is 1. The van der Waals surface area contributed by atoms with Gasteiger partial charge in [-0.25, -0.2) is 14.4 Å². The third kappa shape index (κ3) is 4.39. The molecule has 1 fully saturated rings. The molecule has 7 heteroatoms. The average Bonchev–Trinajstić information content (AvgIpc) is 2.73. The van der Waals surface area contributed by atoms with E-state index in [1.807, 2.05) is 32.3 Å². The van der Waals surface area contributed by atoms with Crippen molar-refractivity contribution in [2.75, 3.05) is 36.0 Å². The zero-order valence-corrected chi connectivity index (χ0v) is 17.6. The lowest BCUT2D eigenvalue weighted by Gasteiger charge is -2.37. The lowest BCUT2D eigenvalue weighted by atomic mass is 10.1. The molecule has 0 aliphatic carbocycles. The number of aromatic nitrogens is 3. The van der Waals surface area contributed by atoms with Gasteiger partial charge < -0.3 is 9.80 Å². The van der Waals surface area contributed by atoms with Gasteiger partial charge in [0.05, 0.1) is 23.9 Å². The van der Waals surface area contributed by atoms with Gasteiger partial charge in [0.2, 0.25) is 0 Å². The van der Waals surface area contributed by atoms with Gasteiger partial charge >= 0.3 is 0 Å². The number of hydrogen-bond acceptors (Lipinski definition) is 5. The van der Waals surface area contributed by atoms with Crippen molar-refractivity contribution in [3.8, 4) is 0 Å². The number of rotatable bonds is 4. The van der Waals surface area contributed by atoms with E-state index in [9.17, 15) is 9.18 Å². The number of hydrogen-bond donors (Lipinski definition) is 0. The first-order valence-electron chi connectivity index (χ1n) is 9.86. The molecule has 0 bridgehead atoms. The van der Waals surface area contributed by atoms with Crippen LogP contribution >= 0.6 is 0 Å². The lowest BCUT2D eigenvalue weighted by Crippen LogP contribution is -2.51. The minimum absolute atomic E-state index is 0.156. The highest BCUT2D eigenvalue weighted by molar-refractivity contribution is 5.57. The van der Waals surface area contributed by atoms with Crippen molar-refractivity contribution in [1.29, 1.82) is 0 Å². The van der Waals surface area contributed by atoms with E-state index in [-0.39, 0.29) is 11.4 Å². The molecule has 0 unspecified atom stereocenters. The molecule has 0 atom stereocenters. The van der Waals surface area contributed by atoms with E-state index in [1.165, 1.54) is 6.08 Å². The van der Waals surface area contributed by atoms with Gasteiger partial charge in [-0.15, -0.1) is 0 Å². The van der Waals surface area contributed by atoms with E-state index in [2.05, 4.69) is 26.3 Å². The Morgan fingerprint density at radius 2 is 1.79 bits per heavy atom. The predicted molar refractivity (Wildman–Crippen MR) is 116 cm³/mol. The third-order valence-corrected chi connectivity index (χ3v) is 5.38. The van der Waals surface area contributed by atoms with Crippen molar-refractivity contribution in [2.24, 2.45) is 7.05 Å². The Labute approximate surface area is 170 Å². The van der Waals surface area contributed by atoms with Crippen LogP contribution in [0.2, 0.25) is 0 Å². The van der Waals surface area contributed by atoms with E-state index in [4.69, 9.17) is 0 Å². The first-order valence-corrected chi connectivity index (χ1v) is 9.86. The fourth-order valence-electron chi connectivity index (χ4n) is 3.55. The van der Waals surface area contributed by atoms with Crippen LogP contribution < -0.4 is 25.8 Å². The summed E-state index contributed by atoms with van der Waals surface area (Å²) in [5.41, 5.74) is 1.56. The van der Waals surface area contributed by atoms with Crippen LogP contribution in [0.5, 0.6) is 0 Å². The van der Waals surface area contributed by atoms with E-state index in [1.54, 1.807) is 18.5 Å². The van der Waals surface area contributed by atoms with Crippen molar-refractivity contribution in [3.05, 3.63) is 57.0 Å². The Kier molecular flexibility index (Phi) is 6.15. The maximum Gasteiger partial charge on any atom is 0.259 e. The number of nitrogens with zero attached hydrogens (tertiary/aromatic N) is 5. The normalized spacial score (nSPS) is 16.2. The topological polar surface area (TPSA) is 54.3 Å². The molecule has 0 aromatic carbocycles. The van der Waals surface area contributed by atoms with Crippen molar-refractivity contribution >= 4 is 23.7 Å². The van der Waals surface area contributed by atoms with Crippen LogP contribution in [0, 0.1) is 6.92 Å². The number of halogens is 1. The summed E-state index contributed by atoms with van der Waals surface area (Å²) in [5.74, 6) is 1.36. The molecule has 1 aliphatic heterocycles. The van der Waals surface area contributed by atoms with Gasteiger partial charge in [0.1, 0.15) is 11.6 Å². The molecule has 154 valence electrons. The molecule has 0 amide bonds. The summed E-state index contributed by atoms with van der Waals surface area (Å²) < 4.78 is 15.4. The second-order valence-electron chi connectivity index (χ2n) is 7.35. The summed E-state index contributed by atoms with van der Waals surface area (Å²) in [6, 6.07) is 1.95. The number of anilines is 2. The molecule has 0 radical (unpaired) electrons. The summed E-state index contributed by atoms with van der Waals surface area (Å²) in [5, 5.41) is 1.09. The molecule has 1 aliphatic rings. The van der Waals surface area contributed by atoms with Gasteiger partial charge in [0.25, 0.3) is 5.56 Å². The van der Waals surface area contributed by atoms with Crippen LogP contribution in [0.1, 0.15) is 26.1 Å². The minimum Gasteiger partial charge on any atom is -0.365 e. The molecule has 29 heavy (non-hydrogen) atoms. The molecule has 0 saturated carbocycles. The maximum absolute atomic E-state index is 13.8. The molecule has 2 aromatic rings. The van der Waals surface area contributed by atoms with E-state index in [0.717, 1.165) is 43.5 Å². The summed E-state index contributed by atoms with van der Waals surface area (Å²) in [6.07, 6.45) is 5.50. The summed E-state index contributed by atoms with van der Waals surface area (Å²) in [6.45, 7) is 12.5. The maximum atomic E-state index is 13.8. The minimum atomic E-state index is -0.210. The quantitative estimate of drug-likeness (QED) is 0.785. The third-order valence-electron chi connectivity index (χ3n) is 5.38. The van der Waals surface area contributed by atoms with Gasteiger partial charge in [-0.2, -0.15) is 0 Å². The van der Waals surface area contributed by atoms with Crippen LogP contribution in [0.15, 0.2) is 35.2 Å². The van der Waals surface area contributed by atoms with Crippen molar-refractivity contribution in [2.45, 2.75) is 27.2 Å². The van der Waals surface area contributed by atoms with Crippen molar-refractivity contribution in [3.63, 3.8) is 0 Å². The molecule has 6 nitrogen and oxygen atoms in total. The van der Waals surface area contributed by atoms with Crippen LogP contribution in [-0.2, 0) is 7.05 Å². The zero-order chi connectivity index (χ0) is 21.1. The number of allylic oxidation sites excluding steroid dienone is 2. The summed E-state index contributed by atoms with van der Waals surface area (Å²) in [7, 11) is 1.76. The molecule has 3 heterocycles. The summed E-state index contributed by atoms with van der Waals surface area (Å²) >= 11 is 0. The Bertz CT molecular complexity index is 1080. The molecular formula is C22H28FN5O. The van der Waals surface area contributed by atoms with Crippen LogP contribution in [0.4, 0.5) is 15.9 Å². The average molecular weight is 397 g/mol. The van der Waals surface area contributed by atoms with Crippen molar-refractivity contribution < 1.29 is 4.39 Å². The molecule has 1 saturated heterocycles. The van der Waals surface area contributed by atoms with Gasteiger partial charge in [-0.1, -0.05) is 13.5 Å². The highest BCUT2D eigenvalue weighted by Gasteiger charge is 2.20. The Balaban J connectivity index is 1.92. The standard InChI is InChI=1S/C22H28FN5O/c1-6-18(23)11-15(2)20-12-21(26(5)22(29)16(20)3)28-9-7-27(8-10-28)19-13-24-17(4)25-14-19/h11-14H,3,6-10H2,1-2,4-5H3/b18-11+,20-15-. The SMILES string of the molecule is C=c1c(=O)n(C)c(N2CCN(c3cnc(C)nc3)CC2)c/c1=C(C)/C=C(/F)CC. The Morgan fingerprint density at radius 3 is 2.38 bits per heavy atom. The van der Waals surface area contributed by atoms with E-state index in [0.29, 0.717) is 22.4 Å². The van der Waals surface area contributed by atoms with Crippen LogP contribution in [0.3, 0.4) is 0 Å². The zero-order valence-electron chi connectivity index (χ0n) is 17.6. The second-order valence-corrected chi connectivity index (χ2v) is 7.35. The van der Waals surface area contributed by atoms with E-state index < -0.39 is 0 Å². The smallest absolute Gasteiger partial charge is 0.259 e. The van der Waals surface area contributed by atoms with Gasteiger partial charge in [-0.05, 0) is 43.2 Å². The molecule has 3 rings (SSSR count). The first kappa shape index (κ1) is 20.8. The number of aryl methyl sites for hydroxylation is 1. The molecule has 0 spiro atoms. The Morgan fingerprint density at radius 1 is 1.21 bits per heavy atom.